The van der Waals surface area contributed by atoms with Crippen LogP contribution in [0, 0.1) is 11.8 Å². The molecule has 6 nitrogen and oxygen atoms in total. The van der Waals surface area contributed by atoms with Crippen molar-refractivity contribution in [3.8, 4) is 0 Å². The van der Waals surface area contributed by atoms with Crippen LogP contribution in [0.3, 0.4) is 0 Å². The molecule has 0 heterocycles. The van der Waals surface area contributed by atoms with Gasteiger partial charge in [-0.1, -0.05) is 60.7 Å². The third-order valence-corrected chi connectivity index (χ3v) is 9.07. The van der Waals surface area contributed by atoms with Crippen molar-refractivity contribution >= 4 is 26.9 Å². The number of nitrogens with one attached hydrogen (secondary N) is 1. The van der Waals surface area contributed by atoms with Crippen LogP contribution >= 0.6 is 0 Å². The number of alkyl carbamates (subject to hydrolysis) is 1. The van der Waals surface area contributed by atoms with E-state index in [0.717, 1.165) is 42.0 Å². The van der Waals surface area contributed by atoms with Crippen LogP contribution in [-0.2, 0) is 21.2 Å². The van der Waals surface area contributed by atoms with E-state index in [2.05, 4.69) is 5.32 Å². The monoisotopic (exact) mass is 536 g/mol. The quantitative estimate of drug-likeness (QED) is 0.343. The highest BCUT2D eigenvalue weighted by atomic mass is 32.2. The Kier molecular flexibility index (Phi) is 9.11. The molecule has 1 aliphatic carbocycles. The van der Waals surface area contributed by atoms with Crippen LogP contribution in [0.2, 0.25) is 0 Å². The fraction of sp³-hybridized carbons (Fsp3) is 0.452. The summed E-state index contributed by atoms with van der Waals surface area (Å²) in [6, 6.07) is 23.3. The molecule has 0 atom stereocenters. The first-order valence-corrected chi connectivity index (χ1v) is 15.0. The van der Waals surface area contributed by atoms with E-state index in [1.54, 1.807) is 16.4 Å². The summed E-state index contributed by atoms with van der Waals surface area (Å²) in [5.41, 5.74) is 0.615. The highest BCUT2D eigenvalue weighted by Gasteiger charge is 2.30. The van der Waals surface area contributed by atoms with E-state index >= 15 is 0 Å². The van der Waals surface area contributed by atoms with Crippen LogP contribution in [0.5, 0.6) is 0 Å². The Morgan fingerprint density at radius 3 is 2.21 bits per heavy atom. The molecule has 3 aromatic carbocycles. The minimum Gasteiger partial charge on any atom is -0.444 e. The van der Waals surface area contributed by atoms with Gasteiger partial charge in [0.1, 0.15) is 5.60 Å². The lowest BCUT2D eigenvalue weighted by molar-refractivity contribution is 0.0512. The van der Waals surface area contributed by atoms with Crippen LogP contribution in [0.25, 0.3) is 10.8 Å². The third-order valence-electron chi connectivity index (χ3n) is 7.21. The van der Waals surface area contributed by atoms with Gasteiger partial charge in [0.15, 0.2) is 0 Å². The number of sulfonamides is 1. The van der Waals surface area contributed by atoms with Crippen molar-refractivity contribution in [3.05, 3.63) is 78.4 Å². The molecular weight excluding hydrogens is 496 g/mol. The molecule has 7 heteroatoms. The molecule has 4 rings (SSSR count). The zero-order valence-electron chi connectivity index (χ0n) is 22.7. The average Bonchev–Trinajstić information content (AvgIpc) is 2.89. The lowest BCUT2D eigenvalue weighted by Crippen LogP contribution is -2.39. The molecule has 1 amide bonds. The maximum atomic E-state index is 13.9. The molecule has 1 aliphatic rings. The summed E-state index contributed by atoms with van der Waals surface area (Å²) < 4.78 is 34.8. The zero-order chi connectivity index (χ0) is 27.2. The van der Waals surface area contributed by atoms with Gasteiger partial charge in [0.2, 0.25) is 10.0 Å². The van der Waals surface area contributed by atoms with Crippen LogP contribution in [-0.4, -0.2) is 44.1 Å². The maximum Gasteiger partial charge on any atom is 0.407 e. The first kappa shape index (κ1) is 28.1. The van der Waals surface area contributed by atoms with Gasteiger partial charge in [0.25, 0.3) is 0 Å². The first-order valence-electron chi connectivity index (χ1n) is 13.6. The Hall–Kier alpha value is -2.90. The van der Waals surface area contributed by atoms with E-state index in [9.17, 15) is 13.2 Å². The largest absolute Gasteiger partial charge is 0.444 e. The number of amides is 1. The number of fused-ring (bicyclic) bond motifs is 1. The normalized spacial score (nSPS) is 18.4. The highest BCUT2D eigenvalue weighted by molar-refractivity contribution is 7.89. The fourth-order valence-corrected chi connectivity index (χ4v) is 6.69. The number of nitrogens with zero attached hydrogens (tertiary/aromatic N) is 1. The van der Waals surface area contributed by atoms with Crippen LogP contribution < -0.4 is 5.32 Å². The minimum atomic E-state index is -3.65. The topological polar surface area (TPSA) is 75.7 Å². The predicted octanol–water partition coefficient (Wildman–Crippen LogP) is 6.40. The molecule has 0 aliphatic heterocycles. The Morgan fingerprint density at radius 1 is 0.895 bits per heavy atom. The average molecular weight is 537 g/mol. The molecule has 0 saturated heterocycles. The van der Waals surface area contributed by atoms with Gasteiger partial charge in [-0.25, -0.2) is 13.2 Å². The Labute approximate surface area is 227 Å². The number of ether oxygens (including phenoxy) is 1. The SMILES string of the molecule is CC(C)(C)OC(=O)NCC1CCC(CN(CCc2ccccc2)S(=O)(=O)c2ccc3ccccc3c2)CC1. The number of benzene rings is 3. The molecule has 0 spiro atoms. The number of hydrogen-bond acceptors (Lipinski definition) is 4. The van der Waals surface area contributed by atoms with Crippen LogP contribution in [0.15, 0.2) is 77.7 Å². The van der Waals surface area contributed by atoms with Crippen molar-refractivity contribution in [1.29, 1.82) is 0 Å². The second kappa shape index (κ2) is 12.3. The second-order valence-corrected chi connectivity index (χ2v) is 13.3. The number of rotatable bonds is 9. The first-order chi connectivity index (χ1) is 18.1. The van der Waals surface area contributed by atoms with E-state index in [1.165, 1.54) is 0 Å². The molecule has 1 fully saturated rings. The van der Waals surface area contributed by atoms with Crippen molar-refractivity contribution in [2.45, 2.75) is 63.4 Å². The van der Waals surface area contributed by atoms with E-state index < -0.39 is 15.6 Å². The Morgan fingerprint density at radius 2 is 1.53 bits per heavy atom. The molecule has 0 radical (unpaired) electrons. The molecular formula is C31H40N2O4S. The van der Waals surface area contributed by atoms with Crippen LogP contribution in [0.1, 0.15) is 52.0 Å². The molecule has 3 aromatic rings. The number of carbonyl (C=O) groups is 1. The summed E-state index contributed by atoms with van der Waals surface area (Å²) >= 11 is 0. The van der Waals surface area contributed by atoms with Gasteiger partial charge in [0, 0.05) is 19.6 Å². The maximum absolute atomic E-state index is 13.9. The summed E-state index contributed by atoms with van der Waals surface area (Å²) in [7, 11) is -3.65. The second-order valence-electron chi connectivity index (χ2n) is 11.4. The standard InChI is InChI=1S/C31H40N2O4S/c1-31(2,3)37-30(34)32-22-25-13-15-26(16-14-25)23-33(20-19-24-9-5-4-6-10-24)38(35,36)29-18-17-27-11-7-8-12-28(27)21-29/h4-12,17-18,21,25-26H,13-16,19-20,22-23H2,1-3H3,(H,32,34). The van der Waals surface area contributed by atoms with Crippen LogP contribution in [0.4, 0.5) is 4.79 Å². The van der Waals surface area contributed by atoms with Crippen molar-refractivity contribution < 1.29 is 17.9 Å². The Balaban J connectivity index is 1.42. The summed E-state index contributed by atoms with van der Waals surface area (Å²) in [5.74, 6) is 0.674. The third kappa shape index (κ3) is 7.81. The van der Waals surface area contributed by atoms with E-state index in [1.807, 2.05) is 81.4 Å². The number of carbonyl (C=O) groups excluding carboxylic acids is 1. The minimum absolute atomic E-state index is 0.291. The van der Waals surface area contributed by atoms with Gasteiger partial charge in [-0.15, -0.1) is 0 Å². The molecule has 1 saturated carbocycles. The number of hydrogen-bond donors (Lipinski definition) is 1. The predicted molar refractivity (Wildman–Crippen MR) is 153 cm³/mol. The summed E-state index contributed by atoms with van der Waals surface area (Å²) in [5, 5.41) is 4.85. The van der Waals surface area contributed by atoms with Crippen molar-refractivity contribution in [2.75, 3.05) is 19.6 Å². The smallest absolute Gasteiger partial charge is 0.407 e. The molecule has 0 unspecified atom stereocenters. The van der Waals surface area contributed by atoms with Crippen molar-refractivity contribution in [1.82, 2.24) is 9.62 Å². The Bertz CT molecular complexity index is 1310. The van der Waals surface area contributed by atoms with Gasteiger partial charge in [-0.05, 0) is 93.2 Å². The summed E-state index contributed by atoms with van der Waals surface area (Å²) in [4.78, 5) is 12.4. The lowest BCUT2D eigenvalue weighted by atomic mass is 9.82. The van der Waals surface area contributed by atoms with Crippen molar-refractivity contribution in [2.24, 2.45) is 11.8 Å². The van der Waals surface area contributed by atoms with E-state index in [-0.39, 0.29) is 6.09 Å². The van der Waals surface area contributed by atoms with Crippen molar-refractivity contribution in [3.63, 3.8) is 0 Å². The van der Waals surface area contributed by atoms with Gasteiger partial charge in [0.05, 0.1) is 4.90 Å². The van der Waals surface area contributed by atoms with E-state index in [0.29, 0.717) is 42.8 Å². The zero-order valence-corrected chi connectivity index (χ0v) is 23.5. The summed E-state index contributed by atoms with van der Waals surface area (Å²) in [6.07, 6.45) is 4.09. The van der Waals surface area contributed by atoms with E-state index in [4.69, 9.17) is 4.74 Å². The molecule has 204 valence electrons. The fourth-order valence-electron chi connectivity index (χ4n) is 5.13. The molecule has 0 aromatic heterocycles. The molecule has 38 heavy (non-hydrogen) atoms. The van der Waals surface area contributed by atoms with Gasteiger partial charge in [-0.2, -0.15) is 4.31 Å². The highest BCUT2D eigenvalue weighted by Crippen LogP contribution is 2.31. The summed E-state index contributed by atoms with van der Waals surface area (Å²) in [6.45, 7) is 7.11. The lowest BCUT2D eigenvalue weighted by Gasteiger charge is -2.32. The van der Waals surface area contributed by atoms with Gasteiger partial charge < -0.3 is 10.1 Å². The van der Waals surface area contributed by atoms with Gasteiger partial charge >= 0.3 is 6.09 Å². The molecule has 1 N–H and O–H groups in total. The molecule has 0 bridgehead atoms. The van der Waals surface area contributed by atoms with Gasteiger partial charge in [-0.3, -0.25) is 0 Å².